The van der Waals surface area contributed by atoms with Crippen LogP contribution in [0.2, 0.25) is 5.28 Å². The summed E-state index contributed by atoms with van der Waals surface area (Å²) in [5.41, 5.74) is 0.824. The van der Waals surface area contributed by atoms with E-state index in [1.54, 1.807) is 19.4 Å². The molecule has 0 spiro atoms. The monoisotopic (exact) mass is 391 g/mol. The van der Waals surface area contributed by atoms with Crippen molar-refractivity contribution in [1.29, 1.82) is 0 Å². The number of hydrogen-bond acceptors (Lipinski definition) is 4. The molecule has 1 heterocycles. The van der Waals surface area contributed by atoms with E-state index < -0.39 is 0 Å². The van der Waals surface area contributed by atoms with Crippen LogP contribution in [0.4, 0.5) is 11.5 Å². The van der Waals surface area contributed by atoms with Crippen LogP contribution in [0.25, 0.3) is 0 Å². The van der Waals surface area contributed by atoms with Gasteiger partial charge in [0.05, 0.1) is 17.3 Å². The van der Waals surface area contributed by atoms with Crippen molar-refractivity contribution >= 4 is 55.0 Å². The predicted octanol–water partition coefficient (Wildman–Crippen LogP) is 4.41. The van der Waals surface area contributed by atoms with Gasteiger partial charge in [-0.25, -0.2) is 9.97 Å². The lowest BCUT2D eigenvalue weighted by atomic mass is 10.3. The molecule has 1 aromatic heterocycles. The number of rotatable bonds is 3. The summed E-state index contributed by atoms with van der Waals surface area (Å²) in [6, 6.07) is 5.47. The van der Waals surface area contributed by atoms with Crippen LogP contribution >= 0.6 is 43.5 Å². The van der Waals surface area contributed by atoms with Gasteiger partial charge in [0.25, 0.3) is 0 Å². The van der Waals surface area contributed by atoms with Gasteiger partial charge in [0.2, 0.25) is 5.28 Å². The van der Waals surface area contributed by atoms with Gasteiger partial charge < -0.3 is 10.1 Å². The molecule has 0 aliphatic rings. The molecule has 94 valence electrons. The predicted molar refractivity (Wildman–Crippen MR) is 78.7 cm³/mol. The summed E-state index contributed by atoms with van der Waals surface area (Å²) < 4.78 is 6.98. The van der Waals surface area contributed by atoms with Crippen molar-refractivity contribution < 1.29 is 4.74 Å². The number of anilines is 2. The Kier molecular flexibility index (Phi) is 4.42. The molecule has 0 amide bonds. The molecule has 18 heavy (non-hydrogen) atoms. The molecule has 0 aliphatic heterocycles. The zero-order valence-corrected chi connectivity index (χ0v) is 13.2. The van der Waals surface area contributed by atoms with Crippen molar-refractivity contribution in [1.82, 2.24) is 9.97 Å². The minimum atomic E-state index is 0.195. The maximum Gasteiger partial charge on any atom is 0.224 e. The van der Waals surface area contributed by atoms with Crippen molar-refractivity contribution in [2.24, 2.45) is 0 Å². The SMILES string of the molecule is COc1cc(Nc2ccnc(Cl)n2)c(Br)cc1Br. The highest BCUT2D eigenvalue weighted by atomic mass is 79.9. The van der Waals surface area contributed by atoms with Gasteiger partial charge in [-0.15, -0.1) is 0 Å². The Morgan fingerprint density at radius 2 is 2.06 bits per heavy atom. The molecule has 2 aromatic rings. The van der Waals surface area contributed by atoms with E-state index >= 15 is 0 Å². The first-order chi connectivity index (χ1) is 8.60. The number of nitrogens with one attached hydrogen (secondary N) is 1. The van der Waals surface area contributed by atoms with Gasteiger partial charge in [0.15, 0.2) is 0 Å². The highest BCUT2D eigenvalue weighted by molar-refractivity contribution is 9.11. The third-order valence-electron chi connectivity index (χ3n) is 2.13. The Morgan fingerprint density at radius 1 is 1.28 bits per heavy atom. The van der Waals surface area contributed by atoms with Crippen LogP contribution in [0.15, 0.2) is 33.3 Å². The van der Waals surface area contributed by atoms with E-state index in [4.69, 9.17) is 16.3 Å². The summed E-state index contributed by atoms with van der Waals surface area (Å²) >= 11 is 12.6. The van der Waals surface area contributed by atoms with Gasteiger partial charge in [0.1, 0.15) is 11.6 Å². The van der Waals surface area contributed by atoms with Gasteiger partial charge in [-0.3, -0.25) is 0 Å². The molecule has 0 atom stereocenters. The van der Waals surface area contributed by atoms with E-state index in [1.807, 2.05) is 12.1 Å². The maximum atomic E-state index is 5.73. The second kappa shape index (κ2) is 5.86. The number of nitrogens with zero attached hydrogens (tertiary/aromatic N) is 2. The molecule has 4 nitrogen and oxygen atoms in total. The number of ether oxygens (including phenoxy) is 1. The first-order valence-corrected chi connectivity index (χ1v) is 6.85. The Bertz CT molecular complexity index is 580. The maximum absolute atomic E-state index is 5.73. The Morgan fingerprint density at radius 3 is 2.72 bits per heavy atom. The molecule has 0 saturated heterocycles. The minimum absolute atomic E-state index is 0.195. The van der Waals surface area contributed by atoms with Crippen LogP contribution in [-0.2, 0) is 0 Å². The molecular weight excluding hydrogens is 385 g/mol. The van der Waals surface area contributed by atoms with Crippen LogP contribution in [0.1, 0.15) is 0 Å². The van der Waals surface area contributed by atoms with Crippen molar-refractivity contribution in [3.63, 3.8) is 0 Å². The molecule has 1 N–H and O–H groups in total. The summed E-state index contributed by atoms with van der Waals surface area (Å²) in [5, 5.41) is 3.33. The average Bonchev–Trinajstić information content (AvgIpc) is 2.33. The van der Waals surface area contributed by atoms with Crippen LogP contribution < -0.4 is 10.1 Å². The summed E-state index contributed by atoms with van der Waals surface area (Å²) in [4.78, 5) is 7.88. The van der Waals surface area contributed by atoms with E-state index in [0.29, 0.717) is 5.82 Å². The van der Waals surface area contributed by atoms with Crippen molar-refractivity contribution in [2.75, 3.05) is 12.4 Å². The summed E-state index contributed by atoms with van der Waals surface area (Å²) in [5.74, 6) is 1.33. The largest absolute Gasteiger partial charge is 0.495 e. The lowest BCUT2D eigenvalue weighted by Crippen LogP contribution is -1.96. The Balaban J connectivity index is 2.34. The fraction of sp³-hybridized carbons (Fsp3) is 0.0909. The Labute approximate surface area is 126 Å². The first-order valence-electron chi connectivity index (χ1n) is 4.89. The average molecular weight is 393 g/mol. The van der Waals surface area contributed by atoms with Gasteiger partial charge in [-0.1, -0.05) is 0 Å². The molecule has 0 aliphatic carbocycles. The number of benzene rings is 1. The summed E-state index contributed by atoms with van der Waals surface area (Å²) in [6.45, 7) is 0. The first kappa shape index (κ1) is 13.6. The van der Waals surface area contributed by atoms with Crippen molar-refractivity contribution in [2.45, 2.75) is 0 Å². The lowest BCUT2D eigenvalue weighted by molar-refractivity contribution is 0.412. The molecule has 7 heteroatoms. The van der Waals surface area contributed by atoms with Crippen LogP contribution in [-0.4, -0.2) is 17.1 Å². The molecule has 0 fully saturated rings. The standard InChI is InChI=1S/C11H8Br2ClN3O/c1-18-9-5-8(6(12)4-7(9)13)16-10-2-3-15-11(14)17-10/h2-5H,1H3,(H,15,16,17). The molecule has 0 unspecified atom stereocenters. The van der Waals surface area contributed by atoms with Crippen molar-refractivity contribution in [3.05, 3.63) is 38.6 Å². The van der Waals surface area contributed by atoms with Crippen LogP contribution in [0, 0.1) is 0 Å². The van der Waals surface area contributed by atoms with Gasteiger partial charge in [-0.2, -0.15) is 0 Å². The third-order valence-corrected chi connectivity index (χ3v) is 3.59. The topological polar surface area (TPSA) is 47.0 Å². The molecule has 2 rings (SSSR count). The fourth-order valence-electron chi connectivity index (χ4n) is 1.32. The van der Waals surface area contributed by atoms with Crippen molar-refractivity contribution in [3.8, 4) is 5.75 Å². The summed E-state index contributed by atoms with van der Waals surface area (Å²) in [7, 11) is 1.61. The quantitative estimate of drug-likeness (QED) is 0.785. The highest BCUT2D eigenvalue weighted by Crippen LogP contribution is 2.35. The molecule has 0 radical (unpaired) electrons. The van der Waals surface area contributed by atoms with E-state index in [-0.39, 0.29) is 5.28 Å². The molecular formula is C11H8Br2ClN3O. The van der Waals surface area contributed by atoms with E-state index in [9.17, 15) is 0 Å². The van der Waals surface area contributed by atoms with Crippen LogP contribution in [0.5, 0.6) is 5.75 Å². The number of methoxy groups -OCH3 is 1. The van der Waals surface area contributed by atoms with E-state index in [0.717, 1.165) is 20.4 Å². The normalized spacial score (nSPS) is 10.2. The van der Waals surface area contributed by atoms with Gasteiger partial charge in [-0.05, 0) is 55.6 Å². The number of hydrogen-bond donors (Lipinski definition) is 1. The fourth-order valence-corrected chi connectivity index (χ4v) is 2.73. The second-order valence-corrected chi connectivity index (χ2v) is 5.35. The molecule has 0 bridgehead atoms. The highest BCUT2D eigenvalue weighted by Gasteiger charge is 2.08. The second-order valence-electron chi connectivity index (χ2n) is 3.30. The zero-order chi connectivity index (χ0) is 13.1. The van der Waals surface area contributed by atoms with Gasteiger partial charge in [0, 0.05) is 16.7 Å². The summed E-state index contributed by atoms with van der Waals surface area (Å²) in [6.07, 6.45) is 1.58. The number of halogens is 3. The number of aromatic nitrogens is 2. The minimum Gasteiger partial charge on any atom is -0.495 e. The van der Waals surface area contributed by atoms with E-state index in [1.165, 1.54) is 0 Å². The lowest BCUT2D eigenvalue weighted by Gasteiger charge is -2.11. The smallest absolute Gasteiger partial charge is 0.224 e. The van der Waals surface area contributed by atoms with Crippen LogP contribution in [0.3, 0.4) is 0 Å². The molecule has 0 saturated carbocycles. The van der Waals surface area contributed by atoms with E-state index in [2.05, 4.69) is 47.1 Å². The van der Waals surface area contributed by atoms with Gasteiger partial charge >= 0.3 is 0 Å². The Hall–Kier alpha value is -0.850. The molecule has 1 aromatic carbocycles. The third kappa shape index (κ3) is 3.13. The zero-order valence-electron chi connectivity index (χ0n) is 9.25.